The van der Waals surface area contributed by atoms with Gasteiger partial charge in [0.1, 0.15) is 11.5 Å². The number of esters is 1. The topological polar surface area (TPSA) is 123 Å². The number of fused-ring (bicyclic) bond motifs is 5. The van der Waals surface area contributed by atoms with Gasteiger partial charge < -0.3 is 15.2 Å². The molecule has 2 fully saturated rings. The summed E-state index contributed by atoms with van der Waals surface area (Å²) in [7, 11) is 0. The first-order valence-corrected chi connectivity index (χ1v) is 14.3. The Kier molecular flexibility index (Phi) is 7.40. The molecule has 1 amide bonds. The van der Waals surface area contributed by atoms with E-state index in [1.54, 1.807) is 12.3 Å². The quantitative estimate of drug-likeness (QED) is 0.346. The second-order valence-electron chi connectivity index (χ2n) is 11.3. The van der Waals surface area contributed by atoms with Crippen LogP contribution in [0.4, 0.5) is 5.13 Å². The molecule has 2 aromatic rings. The number of aliphatic carboxylic acids is 1. The van der Waals surface area contributed by atoms with Crippen LogP contribution in [0.25, 0.3) is 0 Å². The third kappa shape index (κ3) is 5.25. The summed E-state index contributed by atoms with van der Waals surface area (Å²) in [6, 6.07) is 5.76. The van der Waals surface area contributed by atoms with Gasteiger partial charge in [-0.25, -0.2) is 4.98 Å². The average molecular weight is 539 g/mol. The number of rotatable bonds is 8. The number of thiazole rings is 1. The van der Waals surface area contributed by atoms with Crippen molar-refractivity contribution in [2.45, 2.75) is 77.6 Å². The van der Waals surface area contributed by atoms with E-state index in [0.717, 1.165) is 36.1 Å². The molecule has 3 aliphatic carbocycles. The van der Waals surface area contributed by atoms with Gasteiger partial charge in [0.05, 0.1) is 12.8 Å². The predicted molar refractivity (Wildman–Crippen MR) is 142 cm³/mol. The minimum absolute atomic E-state index is 0.0489. The molecular weight excluding hydrogens is 504 g/mol. The minimum Gasteiger partial charge on any atom is -0.481 e. The largest absolute Gasteiger partial charge is 0.481 e. The van der Waals surface area contributed by atoms with Gasteiger partial charge in [-0.2, -0.15) is 0 Å². The number of hydrogen-bond acceptors (Lipinski definition) is 7. The number of nitrogens with one attached hydrogen (secondary N) is 1. The molecular formula is C29H34N2O6S. The van der Waals surface area contributed by atoms with E-state index in [2.05, 4.69) is 17.2 Å². The fraction of sp³-hybridized carbons (Fsp3) is 0.552. The summed E-state index contributed by atoms with van der Waals surface area (Å²) < 4.78 is 5.39. The normalized spacial score (nSPS) is 27.7. The maximum atomic E-state index is 13.2. The molecule has 2 N–H and O–H groups in total. The van der Waals surface area contributed by atoms with E-state index >= 15 is 0 Å². The first kappa shape index (κ1) is 26.5. The number of carboxylic acids is 1. The van der Waals surface area contributed by atoms with Crippen molar-refractivity contribution >= 4 is 40.1 Å². The summed E-state index contributed by atoms with van der Waals surface area (Å²) in [5, 5.41) is 12.3. The SMILES string of the molecule is Cc1cnc(NC(=O)CC[C@@H]2CC(=O)[C@@]3(C)CCC4c5ccc(OC(=O)CCC(=O)O)cc5CCC4C23)s1. The van der Waals surface area contributed by atoms with Crippen LogP contribution in [0, 0.1) is 30.1 Å². The van der Waals surface area contributed by atoms with Gasteiger partial charge in [-0.1, -0.05) is 13.0 Å². The second kappa shape index (κ2) is 10.6. The fourth-order valence-electron chi connectivity index (χ4n) is 7.25. The molecule has 0 bridgehead atoms. The van der Waals surface area contributed by atoms with E-state index in [0.29, 0.717) is 47.8 Å². The molecule has 8 nitrogen and oxygen atoms in total. The number of ether oxygens (including phenoxy) is 1. The van der Waals surface area contributed by atoms with Crippen molar-refractivity contribution in [3.63, 3.8) is 0 Å². The van der Waals surface area contributed by atoms with E-state index in [-0.39, 0.29) is 36.0 Å². The maximum Gasteiger partial charge on any atom is 0.311 e. The number of benzene rings is 1. The Morgan fingerprint density at radius 3 is 2.76 bits per heavy atom. The van der Waals surface area contributed by atoms with Crippen LogP contribution in [-0.4, -0.2) is 33.7 Å². The lowest BCUT2D eigenvalue weighted by molar-refractivity contribution is -0.142. The van der Waals surface area contributed by atoms with E-state index in [9.17, 15) is 19.2 Å². The lowest BCUT2D eigenvalue weighted by atomic mass is 9.54. The monoisotopic (exact) mass is 538 g/mol. The Hall–Kier alpha value is -3.07. The van der Waals surface area contributed by atoms with Crippen molar-refractivity contribution in [3.8, 4) is 5.75 Å². The van der Waals surface area contributed by atoms with Crippen molar-refractivity contribution in [1.82, 2.24) is 4.98 Å². The summed E-state index contributed by atoms with van der Waals surface area (Å²) in [6.07, 6.45) is 6.57. The molecule has 1 aromatic carbocycles. The van der Waals surface area contributed by atoms with Crippen LogP contribution in [0.5, 0.6) is 5.75 Å². The number of anilines is 1. The van der Waals surface area contributed by atoms with Crippen molar-refractivity contribution in [1.29, 1.82) is 0 Å². The number of hydrogen-bond donors (Lipinski definition) is 2. The van der Waals surface area contributed by atoms with Crippen molar-refractivity contribution in [3.05, 3.63) is 40.4 Å². The molecule has 1 aromatic heterocycles. The van der Waals surface area contributed by atoms with E-state index < -0.39 is 11.9 Å². The van der Waals surface area contributed by atoms with Crippen LogP contribution < -0.4 is 10.1 Å². The summed E-state index contributed by atoms with van der Waals surface area (Å²) >= 11 is 1.46. The molecule has 38 heavy (non-hydrogen) atoms. The standard InChI is InChI=1S/C29H34N2O6S/c1-16-15-30-28(38-16)31-24(33)8-4-18-14-23(32)29(2)12-11-21-20-7-5-19(37-26(36)10-9-25(34)35)13-17(20)3-6-22(21)27(18)29/h5,7,13,15,18,21-22,27H,3-4,6,8-12,14H2,1-2H3,(H,34,35)(H,30,31,33)/t18-,21?,22?,27?,29-/m1/s1. The van der Waals surface area contributed by atoms with E-state index in [1.807, 2.05) is 19.1 Å². The van der Waals surface area contributed by atoms with Gasteiger partial charge in [-0.3, -0.25) is 19.2 Å². The Balaban J connectivity index is 1.28. The lowest BCUT2D eigenvalue weighted by Crippen LogP contribution is -2.44. The first-order valence-electron chi connectivity index (χ1n) is 13.4. The molecule has 5 atom stereocenters. The van der Waals surface area contributed by atoms with Crippen LogP contribution in [0.1, 0.15) is 80.2 Å². The third-order valence-electron chi connectivity index (χ3n) is 8.93. The number of aryl methyl sites for hydroxylation is 2. The maximum absolute atomic E-state index is 13.2. The average Bonchev–Trinajstić information content (AvgIpc) is 3.40. The van der Waals surface area contributed by atoms with Crippen molar-refractivity contribution < 1.29 is 29.0 Å². The molecule has 3 unspecified atom stereocenters. The lowest BCUT2D eigenvalue weighted by Gasteiger charge is -2.50. The first-order chi connectivity index (χ1) is 18.1. The van der Waals surface area contributed by atoms with Crippen LogP contribution >= 0.6 is 11.3 Å². The van der Waals surface area contributed by atoms with Crippen LogP contribution in [0.2, 0.25) is 0 Å². The van der Waals surface area contributed by atoms with Gasteiger partial charge in [-0.15, -0.1) is 11.3 Å². The summed E-state index contributed by atoms with van der Waals surface area (Å²) in [6.45, 7) is 4.10. The highest BCUT2D eigenvalue weighted by atomic mass is 32.1. The number of carboxylic acid groups (broad SMARTS) is 1. The highest BCUT2D eigenvalue weighted by Crippen LogP contribution is 2.62. The van der Waals surface area contributed by atoms with Gasteiger partial charge in [-0.05, 0) is 86.0 Å². The Bertz CT molecular complexity index is 1270. The number of carbonyl (C=O) groups is 4. The minimum atomic E-state index is -1.03. The van der Waals surface area contributed by atoms with Gasteiger partial charge in [0.15, 0.2) is 5.13 Å². The fourth-order valence-corrected chi connectivity index (χ4v) is 7.93. The van der Waals surface area contributed by atoms with Gasteiger partial charge in [0.25, 0.3) is 0 Å². The van der Waals surface area contributed by atoms with Crippen molar-refractivity contribution in [2.24, 2.45) is 23.2 Å². The predicted octanol–water partition coefficient (Wildman–Crippen LogP) is 5.29. The number of ketones is 1. The number of nitrogens with zero attached hydrogens (tertiary/aromatic N) is 1. The van der Waals surface area contributed by atoms with Crippen LogP contribution in [0.15, 0.2) is 24.4 Å². The number of amides is 1. The number of aromatic nitrogens is 1. The van der Waals surface area contributed by atoms with Gasteiger partial charge >= 0.3 is 11.9 Å². The Morgan fingerprint density at radius 2 is 2.03 bits per heavy atom. The number of carbonyl (C=O) groups excluding carboxylic acids is 3. The second-order valence-corrected chi connectivity index (χ2v) is 12.5. The third-order valence-corrected chi connectivity index (χ3v) is 9.75. The zero-order valence-corrected chi connectivity index (χ0v) is 22.6. The van der Waals surface area contributed by atoms with Crippen LogP contribution in [-0.2, 0) is 25.6 Å². The van der Waals surface area contributed by atoms with Gasteiger partial charge in [0.2, 0.25) is 5.91 Å². The number of Topliss-reactive ketones (excluding diaryl/α,β-unsaturated/α-hetero) is 1. The van der Waals surface area contributed by atoms with Gasteiger partial charge in [0, 0.05) is 29.3 Å². The molecule has 0 spiro atoms. The van der Waals surface area contributed by atoms with Crippen LogP contribution in [0.3, 0.4) is 0 Å². The molecule has 0 saturated heterocycles. The Labute approximate surface area is 226 Å². The summed E-state index contributed by atoms with van der Waals surface area (Å²) in [5.41, 5.74) is 2.10. The van der Waals surface area contributed by atoms with E-state index in [1.165, 1.54) is 16.9 Å². The highest BCUT2D eigenvalue weighted by Gasteiger charge is 2.58. The molecule has 9 heteroatoms. The summed E-state index contributed by atoms with van der Waals surface area (Å²) in [4.78, 5) is 53.9. The zero-order chi connectivity index (χ0) is 27.0. The van der Waals surface area contributed by atoms with E-state index in [4.69, 9.17) is 9.84 Å². The molecule has 0 radical (unpaired) electrons. The zero-order valence-electron chi connectivity index (χ0n) is 21.8. The molecule has 1 heterocycles. The molecule has 5 rings (SSSR count). The molecule has 2 saturated carbocycles. The molecule has 3 aliphatic rings. The van der Waals surface area contributed by atoms with Crippen molar-refractivity contribution in [2.75, 3.05) is 5.32 Å². The molecule has 0 aliphatic heterocycles. The highest BCUT2D eigenvalue weighted by molar-refractivity contribution is 7.15. The Morgan fingerprint density at radius 1 is 1.21 bits per heavy atom. The summed E-state index contributed by atoms with van der Waals surface area (Å²) in [5.74, 6) is 0.348. The smallest absolute Gasteiger partial charge is 0.311 e. The molecule has 202 valence electrons.